The molecule has 0 amide bonds. The Kier molecular flexibility index (Phi) is 5.55. The van der Waals surface area contributed by atoms with E-state index < -0.39 is 29.5 Å². The molecule has 1 aromatic heterocycles. The third kappa shape index (κ3) is 3.73. The fraction of sp³-hybridized carbons (Fsp3) is 0.400. The Morgan fingerprint density at radius 2 is 1.96 bits per heavy atom. The van der Waals surface area contributed by atoms with Crippen LogP contribution < -0.4 is 0 Å². The zero-order valence-corrected chi connectivity index (χ0v) is 13.3. The van der Waals surface area contributed by atoms with E-state index in [1.807, 2.05) is 6.92 Å². The molecule has 2 aromatic rings. The van der Waals surface area contributed by atoms with Gasteiger partial charge in [0.15, 0.2) is 23.3 Å². The molecule has 0 radical (unpaired) electrons. The van der Waals surface area contributed by atoms with Crippen molar-refractivity contribution in [2.45, 2.75) is 25.9 Å². The summed E-state index contributed by atoms with van der Waals surface area (Å²) in [7, 11) is 2.66. The Balaban J connectivity index is 2.32. The molecule has 0 aliphatic heterocycles. The number of carbonyl (C=O) groups excluding carboxylic acids is 1. The zero-order chi connectivity index (χ0) is 17.9. The quantitative estimate of drug-likeness (QED) is 0.593. The largest absolute Gasteiger partial charge is 0.468 e. The highest BCUT2D eigenvalue weighted by atomic mass is 19.2. The fourth-order valence-electron chi connectivity index (χ4n) is 2.23. The van der Waals surface area contributed by atoms with Crippen LogP contribution in [0.4, 0.5) is 13.2 Å². The average Bonchev–Trinajstić information content (AvgIpc) is 3.00. The van der Waals surface area contributed by atoms with Crippen molar-refractivity contribution in [3.8, 4) is 0 Å². The summed E-state index contributed by atoms with van der Waals surface area (Å²) in [4.78, 5) is 17.6. The standard InChI is InChI=1S/C15H16F3N3O3/c1-4-12-19-11(20-24-12)7-21(2)14(15(22)23-3)8-5-9(16)13(18)10(17)6-8/h5-6,14H,4,7H2,1-3H3/t14-/m0/s1. The average molecular weight is 343 g/mol. The van der Waals surface area contributed by atoms with Crippen LogP contribution in [-0.2, 0) is 22.5 Å². The highest BCUT2D eigenvalue weighted by Crippen LogP contribution is 2.25. The lowest BCUT2D eigenvalue weighted by Gasteiger charge is -2.25. The number of aromatic nitrogens is 2. The second kappa shape index (κ2) is 7.43. The SMILES string of the molecule is CCc1nc(CN(C)[C@H](C(=O)OC)c2cc(F)c(F)c(F)c2)no1. The molecule has 0 fully saturated rings. The van der Waals surface area contributed by atoms with Crippen LogP contribution in [0, 0.1) is 17.5 Å². The molecule has 1 atom stereocenters. The molecule has 9 heteroatoms. The first-order chi connectivity index (χ1) is 11.4. The third-order valence-electron chi connectivity index (χ3n) is 3.39. The van der Waals surface area contributed by atoms with Crippen LogP contribution in [-0.4, -0.2) is 35.2 Å². The fourth-order valence-corrected chi connectivity index (χ4v) is 2.23. The Hall–Kier alpha value is -2.42. The zero-order valence-electron chi connectivity index (χ0n) is 13.3. The second-order valence-corrected chi connectivity index (χ2v) is 5.10. The molecule has 1 heterocycles. The number of rotatable bonds is 6. The minimum atomic E-state index is -1.60. The number of methoxy groups -OCH3 is 1. The van der Waals surface area contributed by atoms with Crippen LogP contribution in [0.5, 0.6) is 0 Å². The van der Waals surface area contributed by atoms with E-state index in [-0.39, 0.29) is 12.1 Å². The number of hydrogen-bond acceptors (Lipinski definition) is 6. The van der Waals surface area contributed by atoms with Crippen LogP contribution in [0.1, 0.15) is 30.2 Å². The van der Waals surface area contributed by atoms with Crippen molar-refractivity contribution in [2.24, 2.45) is 0 Å². The summed E-state index contributed by atoms with van der Waals surface area (Å²) in [6.45, 7) is 1.90. The first-order valence-electron chi connectivity index (χ1n) is 7.11. The predicted octanol–water partition coefficient (Wildman–Crippen LogP) is 2.40. The van der Waals surface area contributed by atoms with Crippen LogP contribution in [0.15, 0.2) is 16.7 Å². The summed E-state index contributed by atoms with van der Waals surface area (Å²) in [5, 5.41) is 3.75. The smallest absolute Gasteiger partial charge is 0.327 e. The highest BCUT2D eigenvalue weighted by molar-refractivity contribution is 5.77. The Bertz CT molecular complexity index is 713. The molecule has 1 aromatic carbocycles. The number of hydrogen-bond donors (Lipinski definition) is 0. The van der Waals surface area contributed by atoms with Gasteiger partial charge >= 0.3 is 5.97 Å². The summed E-state index contributed by atoms with van der Waals surface area (Å²) in [6.07, 6.45) is 0.547. The van der Waals surface area contributed by atoms with Crippen LogP contribution in [0.2, 0.25) is 0 Å². The van der Waals surface area contributed by atoms with Gasteiger partial charge in [-0.3, -0.25) is 4.90 Å². The van der Waals surface area contributed by atoms with Crippen molar-refractivity contribution in [2.75, 3.05) is 14.2 Å². The number of ether oxygens (including phenoxy) is 1. The maximum atomic E-state index is 13.5. The number of likely N-dealkylation sites (N-methyl/N-ethyl adjacent to an activating group) is 1. The number of benzene rings is 1. The molecule has 0 aliphatic rings. The van der Waals surface area contributed by atoms with Gasteiger partial charge in [-0.15, -0.1) is 0 Å². The van der Waals surface area contributed by atoms with Gasteiger partial charge in [-0.2, -0.15) is 4.98 Å². The lowest BCUT2D eigenvalue weighted by Crippen LogP contribution is -2.32. The van der Waals surface area contributed by atoms with E-state index in [2.05, 4.69) is 14.9 Å². The summed E-state index contributed by atoms with van der Waals surface area (Å²) < 4.78 is 49.7. The van der Waals surface area contributed by atoms with Crippen molar-refractivity contribution in [1.29, 1.82) is 0 Å². The van der Waals surface area contributed by atoms with Gasteiger partial charge in [-0.25, -0.2) is 18.0 Å². The van der Waals surface area contributed by atoms with Gasteiger partial charge < -0.3 is 9.26 Å². The van der Waals surface area contributed by atoms with Crippen molar-refractivity contribution in [3.05, 3.63) is 46.9 Å². The number of aryl methyl sites for hydroxylation is 1. The molecule has 0 unspecified atom stereocenters. The van der Waals surface area contributed by atoms with Crippen molar-refractivity contribution in [1.82, 2.24) is 15.0 Å². The van der Waals surface area contributed by atoms with E-state index in [1.165, 1.54) is 11.9 Å². The van der Waals surface area contributed by atoms with E-state index in [9.17, 15) is 18.0 Å². The van der Waals surface area contributed by atoms with E-state index in [0.29, 0.717) is 18.1 Å². The van der Waals surface area contributed by atoms with Crippen LogP contribution >= 0.6 is 0 Å². The molecule has 0 bridgehead atoms. The monoisotopic (exact) mass is 343 g/mol. The second-order valence-electron chi connectivity index (χ2n) is 5.10. The van der Waals surface area contributed by atoms with Gasteiger partial charge in [0.2, 0.25) is 5.89 Å². The first kappa shape index (κ1) is 17.9. The van der Waals surface area contributed by atoms with Crippen molar-refractivity contribution >= 4 is 5.97 Å². The van der Waals surface area contributed by atoms with E-state index in [1.54, 1.807) is 0 Å². The summed E-state index contributed by atoms with van der Waals surface area (Å²) >= 11 is 0. The van der Waals surface area contributed by atoms with Gasteiger partial charge in [0.1, 0.15) is 6.04 Å². The summed E-state index contributed by atoms with van der Waals surface area (Å²) in [5.41, 5.74) is -0.0834. The summed E-state index contributed by atoms with van der Waals surface area (Å²) in [6, 6.07) is 0.345. The molecule has 130 valence electrons. The Morgan fingerprint density at radius 3 is 2.46 bits per heavy atom. The maximum Gasteiger partial charge on any atom is 0.327 e. The normalized spacial score (nSPS) is 12.5. The van der Waals surface area contributed by atoms with Crippen molar-refractivity contribution in [3.63, 3.8) is 0 Å². The number of esters is 1. The molecule has 2 rings (SSSR count). The maximum absolute atomic E-state index is 13.5. The number of nitrogens with zero attached hydrogens (tertiary/aromatic N) is 3. The molecule has 24 heavy (non-hydrogen) atoms. The highest BCUT2D eigenvalue weighted by Gasteiger charge is 2.29. The molecule has 6 nitrogen and oxygen atoms in total. The van der Waals surface area contributed by atoms with Crippen molar-refractivity contribution < 1.29 is 27.2 Å². The number of carbonyl (C=O) groups is 1. The van der Waals surface area contributed by atoms with Gasteiger partial charge in [0.05, 0.1) is 13.7 Å². The topological polar surface area (TPSA) is 68.5 Å². The summed E-state index contributed by atoms with van der Waals surface area (Å²) in [5.74, 6) is -4.42. The Labute approximate surface area is 136 Å². The molecular weight excluding hydrogens is 327 g/mol. The lowest BCUT2D eigenvalue weighted by molar-refractivity contribution is -0.147. The third-order valence-corrected chi connectivity index (χ3v) is 3.39. The molecule has 0 saturated heterocycles. The van der Waals surface area contributed by atoms with Gasteiger partial charge in [-0.05, 0) is 24.7 Å². The minimum Gasteiger partial charge on any atom is -0.468 e. The van der Waals surface area contributed by atoms with Crippen LogP contribution in [0.25, 0.3) is 0 Å². The first-order valence-corrected chi connectivity index (χ1v) is 7.11. The molecule has 0 N–H and O–H groups in total. The van der Waals surface area contributed by atoms with E-state index in [0.717, 1.165) is 19.2 Å². The lowest BCUT2D eigenvalue weighted by atomic mass is 10.0. The van der Waals surface area contributed by atoms with Gasteiger partial charge in [0, 0.05) is 6.42 Å². The van der Waals surface area contributed by atoms with E-state index in [4.69, 9.17) is 4.52 Å². The molecule has 0 saturated carbocycles. The Morgan fingerprint density at radius 1 is 1.33 bits per heavy atom. The van der Waals surface area contributed by atoms with Gasteiger partial charge in [0.25, 0.3) is 0 Å². The molecule has 0 aliphatic carbocycles. The van der Waals surface area contributed by atoms with Gasteiger partial charge in [-0.1, -0.05) is 12.1 Å². The van der Waals surface area contributed by atoms with E-state index >= 15 is 0 Å². The minimum absolute atomic E-state index is 0.0594. The molecule has 0 spiro atoms. The number of halogens is 3. The molecular formula is C15H16F3N3O3. The van der Waals surface area contributed by atoms with Crippen LogP contribution in [0.3, 0.4) is 0 Å². The predicted molar refractivity (Wildman–Crippen MR) is 76.2 cm³/mol.